The smallest absolute Gasteiger partial charge is 0.248 e. The lowest BCUT2D eigenvalue weighted by molar-refractivity contribution is -0.111. The normalized spacial score (nSPS) is 15.3. The Kier molecular flexibility index (Phi) is 5.94. The molecule has 0 atom stereocenters. The van der Waals surface area contributed by atoms with E-state index in [1.165, 1.54) is 46.8 Å². The van der Waals surface area contributed by atoms with Crippen LogP contribution >= 0.6 is 11.6 Å². The molecule has 5 nitrogen and oxygen atoms in total. The van der Waals surface area contributed by atoms with Gasteiger partial charge in [-0.25, -0.2) is 12.8 Å². The monoisotopic (exact) mass is 408 g/mol. The van der Waals surface area contributed by atoms with E-state index in [1.807, 2.05) is 0 Å². The van der Waals surface area contributed by atoms with Crippen molar-refractivity contribution >= 4 is 39.3 Å². The van der Waals surface area contributed by atoms with Crippen molar-refractivity contribution in [1.29, 1.82) is 0 Å². The van der Waals surface area contributed by atoms with Gasteiger partial charge < -0.3 is 5.32 Å². The molecule has 1 amide bonds. The van der Waals surface area contributed by atoms with Crippen LogP contribution in [-0.4, -0.2) is 31.7 Å². The summed E-state index contributed by atoms with van der Waals surface area (Å²) in [5.74, 6) is -0.796. The highest BCUT2D eigenvalue weighted by Gasteiger charge is 2.29. The summed E-state index contributed by atoms with van der Waals surface area (Å²) in [6.07, 6.45) is 4.46. The Morgan fingerprint density at radius 2 is 1.78 bits per heavy atom. The molecule has 0 spiro atoms. The molecule has 1 aliphatic heterocycles. The van der Waals surface area contributed by atoms with Crippen molar-refractivity contribution in [2.45, 2.75) is 17.7 Å². The van der Waals surface area contributed by atoms with E-state index < -0.39 is 15.9 Å². The average molecular weight is 409 g/mol. The predicted molar refractivity (Wildman–Crippen MR) is 104 cm³/mol. The summed E-state index contributed by atoms with van der Waals surface area (Å²) in [6.45, 7) is 0.936. The number of hydrogen-bond acceptors (Lipinski definition) is 3. The van der Waals surface area contributed by atoms with Crippen molar-refractivity contribution in [3.63, 3.8) is 0 Å². The molecular weight excluding hydrogens is 391 g/mol. The number of sulfonamides is 1. The SMILES string of the molecule is O=C(/C=C/c1ccc(F)cc1)Nc1ccc(Cl)c(S(=O)(=O)N2CCCC2)c1. The molecule has 1 N–H and O–H groups in total. The van der Waals surface area contributed by atoms with Gasteiger partial charge in [0.1, 0.15) is 10.7 Å². The van der Waals surface area contributed by atoms with E-state index in [4.69, 9.17) is 11.6 Å². The van der Waals surface area contributed by atoms with Gasteiger partial charge in [-0.3, -0.25) is 4.79 Å². The Morgan fingerprint density at radius 1 is 1.11 bits per heavy atom. The molecule has 3 rings (SSSR count). The first-order chi connectivity index (χ1) is 12.9. The molecule has 1 heterocycles. The van der Waals surface area contributed by atoms with Gasteiger partial charge in [0.2, 0.25) is 15.9 Å². The van der Waals surface area contributed by atoms with Crippen molar-refractivity contribution in [3.05, 3.63) is 64.9 Å². The van der Waals surface area contributed by atoms with E-state index in [0.29, 0.717) is 24.3 Å². The van der Waals surface area contributed by atoms with Crippen LogP contribution in [0.4, 0.5) is 10.1 Å². The molecule has 27 heavy (non-hydrogen) atoms. The lowest BCUT2D eigenvalue weighted by atomic mass is 10.2. The van der Waals surface area contributed by atoms with Crippen LogP contribution in [0, 0.1) is 5.82 Å². The number of hydrogen-bond donors (Lipinski definition) is 1. The van der Waals surface area contributed by atoms with E-state index in [-0.39, 0.29) is 15.7 Å². The second-order valence-corrected chi connectivity index (χ2v) is 8.44. The maximum absolute atomic E-state index is 12.9. The fraction of sp³-hybridized carbons (Fsp3) is 0.211. The zero-order valence-corrected chi connectivity index (χ0v) is 15.9. The Bertz CT molecular complexity index is 969. The minimum absolute atomic E-state index is 0.0219. The van der Waals surface area contributed by atoms with Gasteiger partial charge in [-0.05, 0) is 54.8 Å². The summed E-state index contributed by atoms with van der Waals surface area (Å²) in [6, 6.07) is 10.0. The first kappa shape index (κ1) is 19.5. The first-order valence-electron chi connectivity index (χ1n) is 8.40. The maximum Gasteiger partial charge on any atom is 0.248 e. The summed E-state index contributed by atoms with van der Waals surface area (Å²) < 4.78 is 39.7. The lowest BCUT2D eigenvalue weighted by Gasteiger charge is -2.17. The summed E-state index contributed by atoms with van der Waals surface area (Å²) in [4.78, 5) is 12.1. The molecule has 8 heteroatoms. The van der Waals surface area contributed by atoms with Crippen molar-refractivity contribution < 1.29 is 17.6 Å². The molecule has 0 radical (unpaired) electrons. The minimum Gasteiger partial charge on any atom is -0.322 e. The first-order valence-corrected chi connectivity index (χ1v) is 10.2. The summed E-state index contributed by atoms with van der Waals surface area (Å²) in [5.41, 5.74) is 0.992. The van der Waals surface area contributed by atoms with Crippen LogP contribution in [0.25, 0.3) is 6.08 Å². The quantitative estimate of drug-likeness (QED) is 0.762. The van der Waals surface area contributed by atoms with E-state index >= 15 is 0 Å². The number of amides is 1. The van der Waals surface area contributed by atoms with Crippen molar-refractivity contribution in [1.82, 2.24) is 4.31 Å². The highest BCUT2D eigenvalue weighted by Crippen LogP contribution is 2.29. The Labute approximate surface area is 162 Å². The maximum atomic E-state index is 12.9. The Morgan fingerprint density at radius 3 is 2.44 bits per heavy atom. The third-order valence-electron chi connectivity index (χ3n) is 4.18. The van der Waals surface area contributed by atoms with Gasteiger partial charge in [-0.15, -0.1) is 0 Å². The Balaban J connectivity index is 1.75. The van der Waals surface area contributed by atoms with Crippen LogP contribution in [-0.2, 0) is 14.8 Å². The van der Waals surface area contributed by atoms with Gasteiger partial charge in [0.05, 0.1) is 5.02 Å². The van der Waals surface area contributed by atoms with E-state index in [0.717, 1.165) is 12.8 Å². The molecule has 0 bridgehead atoms. The molecule has 0 aromatic heterocycles. The average Bonchev–Trinajstić information content (AvgIpc) is 3.18. The number of nitrogens with one attached hydrogen (secondary N) is 1. The number of benzene rings is 2. The lowest BCUT2D eigenvalue weighted by Crippen LogP contribution is -2.28. The van der Waals surface area contributed by atoms with E-state index in [1.54, 1.807) is 12.1 Å². The van der Waals surface area contributed by atoms with Crippen LogP contribution in [0.1, 0.15) is 18.4 Å². The number of nitrogens with zero attached hydrogens (tertiary/aromatic N) is 1. The third-order valence-corrected chi connectivity index (χ3v) is 6.56. The van der Waals surface area contributed by atoms with Gasteiger partial charge >= 0.3 is 0 Å². The van der Waals surface area contributed by atoms with Crippen LogP contribution < -0.4 is 5.32 Å². The summed E-state index contributed by atoms with van der Waals surface area (Å²) in [7, 11) is -3.69. The fourth-order valence-corrected chi connectivity index (χ4v) is 4.79. The van der Waals surface area contributed by atoms with Crippen LogP contribution in [0.5, 0.6) is 0 Å². The number of carbonyl (C=O) groups excluding carboxylic acids is 1. The molecule has 0 saturated carbocycles. The van der Waals surface area contributed by atoms with Crippen molar-refractivity contribution in [2.75, 3.05) is 18.4 Å². The zero-order valence-electron chi connectivity index (χ0n) is 14.4. The van der Waals surface area contributed by atoms with Gasteiger partial charge in [-0.2, -0.15) is 4.31 Å². The predicted octanol–water partition coefficient (Wildman–Crippen LogP) is 3.92. The molecule has 1 saturated heterocycles. The molecule has 1 fully saturated rings. The highest BCUT2D eigenvalue weighted by atomic mass is 35.5. The summed E-state index contributed by atoms with van der Waals surface area (Å²) in [5, 5.41) is 2.73. The van der Waals surface area contributed by atoms with Crippen molar-refractivity contribution in [3.8, 4) is 0 Å². The number of carbonyl (C=O) groups is 1. The van der Waals surface area contributed by atoms with Crippen LogP contribution in [0.2, 0.25) is 5.02 Å². The molecule has 1 aliphatic rings. The standard InChI is InChI=1S/C19H18ClFN2O3S/c20-17-9-8-16(13-18(17)27(25,26)23-11-1-2-12-23)22-19(24)10-5-14-3-6-15(21)7-4-14/h3-10,13H,1-2,11-12H2,(H,22,24)/b10-5+. The van der Waals surface area contributed by atoms with Crippen LogP contribution in [0.15, 0.2) is 53.4 Å². The minimum atomic E-state index is -3.69. The van der Waals surface area contributed by atoms with Gasteiger partial charge in [0, 0.05) is 24.9 Å². The van der Waals surface area contributed by atoms with E-state index in [9.17, 15) is 17.6 Å². The topological polar surface area (TPSA) is 66.5 Å². The third kappa shape index (κ3) is 4.74. The molecule has 2 aromatic carbocycles. The molecule has 0 unspecified atom stereocenters. The van der Waals surface area contributed by atoms with Gasteiger partial charge in [-0.1, -0.05) is 23.7 Å². The molecule has 142 valence electrons. The molecular formula is C19H18ClFN2O3S. The van der Waals surface area contributed by atoms with Crippen LogP contribution in [0.3, 0.4) is 0 Å². The molecule has 0 aliphatic carbocycles. The second-order valence-electron chi connectivity index (χ2n) is 6.13. The number of halogens is 2. The van der Waals surface area contributed by atoms with Crippen molar-refractivity contribution in [2.24, 2.45) is 0 Å². The number of rotatable bonds is 5. The zero-order chi connectivity index (χ0) is 19.4. The van der Waals surface area contributed by atoms with Gasteiger partial charge in [0.15, 0.2) is 0 Å². The molecule has 2 aromatic rings. The summed E-state index contributed by atoms with van der Waals surface area (Å²) >= 11 is 6.09. The highest BCUT2D eigenvalue weighted by molar-refractivity contribution is 7.89. The van der Waals surface area contributed by atoms with Gasteiger partial charge in [0.25, 0.3) is 0 Å². The Hall–Kier alpha value is -2.22. The largest absolute Gasteiger partial charge is 0.322 e. The van der Waals surface area contributed by atoms with E-state index in [2.05, 4.69) is 5.32 Å². The number of anilines is 1. The fourth-order valence-electron chi connectivity index (χ4n) is 2.78. The second kappa shape index (κ2) is 8.21.